The van der Waals surface area contributed by atoms with E-state index in [-0.39, 0.29) is 5.91 Å². The number of para-hydroxylation sites is 2. The number of benzene rings is 2. The number of amides is 1. The second-order valence-electron chi connectivity index (χ2n) is 5.29. The van der Waals surface area contributed by atoms with Gasteiger partial charge >= 0.3 is 0 Å². The van der Waals surface area contributed by atoms with Crippen LogP contribution in [-0.4, -0.2) is 15.9 Å². The van der Waals surface area contributed by atoms with Gasteiger partial charge in [0.05, 0.1) is 21.3 Å². The first-order chi connectivity index (χ1) is 12.0. The molecule has 1 heterocycles. The summed E-state index contributed by atoms with van der Waals surface area (Å²) in [6, 6.07) is 12.7. The van der Waals surface area contributed by atoms with Gasteiger partial charge in [0.1, 0.15) is 0 Å². The van der Waals surface area contributed by atoms with Crippen LogP contribution >= 0.6 is 23.2 Å². The van der Waals surface area contributed by atoms with Gasteiger partial charge in [0.25, 0.3) is 5.91 Å². The Hall–Kier alpha value is -2.63. The average molecular weight is 373 g/mol. The third kappa shape index (κ3) is 4.07. The van der Waals surface area contributed by atoms with E-state index >= 15 is 0 Å². The maximum Gasteiger partial charge on any atom is 0.258 e. The standard InChI is InChI=1S/C18H14Cl2N4O/c1-11-5-2-3-8-15(11)23-17(25)12-9-21-18(22-10-12)24-16-13(19)6-4-7-14(16)20/h2-10H,1H3,(H,23,25)(H,21,22,24). The number of nitrogens with zero attached hydrogens (tertiary/aromatic N) is 2. The summed E-state index contributed by atoms with van der Waals surface area (Å²) in [6.45, 7) is 1.92. The molecule has 7 heteroatoms. The molecule has 5 nitrogen and oxygen atoms in total. The predicted molar refractivity (Wildman–Crippen MR) is 101 cm³/mol. The number of hydrogen-bond acceptors (Lipinski definition) is 4. The van der Waals surface area contributed by atoms with Crippen LogP contribution in [0.2, 0.25) is 10.0 Å². The minimum Gasteiger partial charge on any atom is -0.322 e. The summed E-state index contributed by atoms with van der Waals surface area (Å²) >= 11 is 12.2. The molecule has 3 aromatic rings. The van der Waals surface area contributed by atoms with E-state index in [9.17, 15) is 4.79 Å². The molecule has 1 aromatic heterocycles. The fraction of sp³-hybridized carbons (Fsp3) is 0.0556. The van der Waals surface area contributed by atoms with Crippen LogP contribution in [0.5, 0.6) is 0 Å². The largest absolute Gasteiger partial charge is 0.322 e. The van der Waals surface area contributed by atoms with Gasteiger partial charge in [0.2, 0.25) is 5.95 Å². The minimum atomic E-state index is -0.281. The summed E-state index contributed by atoms with van der Waals surface area (Å²) in [5, 5.41) is 6.69. The van der Waals surface area contributed by atoms with Gasteiger partial charge in [0, 0.05) is 18.1 Å². The number of nitrogens with one attached hydrogen (secondary N) is 2. The maximum atomic E-state index is 12.3. The van der Waals surface area contributed by atoms with Crippen molar-refractivity contribution in [1.82, 2.24) is 9.97 Å². The molecule has 3 rings (SSSR count). The van der Waals surface area contributed by atoms with E-state index in [2.05, 4.69) is 20.6 Å². The van der Waals surface area contributed by atoms with Gasteiger partial charge in [-0.05, 0) is 30.7 Å². The van der Waals surface area contributed by atoms with Crippen molar-refractivity contribution in [3.8, 4) is 0 Å². The second kappa shape index (κ2) is 7.51. The number of carbonyl (C=O) groups is 1. The zero-order valence-electron chi connectivity index (χ0n) is 13.3. The van der Waals surface area contributed by atoms with Crippen molar-refractivity contribution in [1.29, 1.82) is 0 Å². The van der Waals surface area contributed by atoms with Crippen LogP contribution < -0.4 is 10.6 Å². The van der Waals surface area contributed by atoms with Crippen LogP contribution in [0.15, 0.2) is 54.9 Å². The van der Waals surface area contributed by atoms with Crippen molar-refractivity contribution in [3.63, 3.8) is 0 Å². The molecule has 0 saturated carbocycles. The molecular formula is C18H14Cl2N4O. The van der Waals surface area contributed by atoms with Crippen LogP contribution in [0.25, 0.3) is 0 Å². The van der Waals surface area contributed by atoms with E-state index in [1.54, 1.807) is 18.2 Å². The SMILES string of the molecule is Cc1ccccc1NC(=O)c1cnc(Nc2c(Cl)cccc2Cl)nc1. The van der Waals surface area contributed by atoms with Gasteiger partial charge in [-0.15, -0.1) is 0 Å². The predicted octanol–water partition coefficient (Wildman–Crippen LogP) is 5.09. The van der Waals surface area contributed by atoms with Crippen molar-refractivity contribution in [2.45, 2.75) is 6.92 Å². The van der Waals surface area contributed by atoms with E-state index in [0.29, 0.717) is 27.2 Å². The normalized spacial score (nSPS) is 10.4. The summed E-state index contributed by atoms with van der Waals surface area (Å²) in [6.07, 6.45) is 2.88. The van der Waals surface area contributed by atoms with Crippen molar-refractivity contribution in [2.75, 3.05) is 10.6 Å². The molecule has 0 atom stereocenters. The van der Waals surface area contributed by atoms with Crippen molar-refractivity contribution in [3.05, 3.63) is 76.0 Å². The lowest BCUT2D eigenvalue weighted by atomic mass is 10.2. The summed E-state index contributed by atoms with van der Waals surface area (Å²) in [5.74, 6) is 0.0130. The number of anilines is 3. The molecule has 0 saturated heterocycles. The fourth-order valence-electron chi connectivity index (χ4n) is 2.15. The molecule has 2 aromatic carbocycles. The molecule has 0 unspecified atom stereocenters. The molecule has 1 amide bonds. The molecule has 0 radical (unpaired) electrons. The number of halogens is 2. The van der Waals surface area contributed by atoms with E-state index in [1.165, 1.54) is 12.4 Å². The van der Waals surface area contributed by atoms with E-state index in [4.69, 9.17) is 23.2 Å². The Morgan fingerprint density at radius 3 is 2.24 bits per heavy atom. The number of rotatable bonds is 4. The highest BCUT2D eigenvalue weighted by Gasteiger charge is 2.11. The van der Waals surface area contributed by atoms with Crippen LogP contribution in [0.3, 0.4) is 0 Å². The smallest absolute Gasteiger partial charge is 0.258 e. The summed E-state index contributed by atoms with van der Waals surface area (Å²) in [4.78, 5) is 20.6. The monoisotopic (exact) mass is 372 g/mol. The number of carbonyl (C=O) groups excluding carboxylic acids is 1. The topological polar surface area (TPSA) is 66.9 Å². The summed E-state index contributed by atoms with van der Waals surface area (Å²) in [5.41, 5.74) is 2.59. The Labute approximate surface area is 155 Å². The van der Waals surface area contributed by atoms with Crippen LogP contribution in [0, 0.1) is 6.92 Å². The molecule has 0 aliphatic heterocycles. The van der Waals surface area contributed by atoms with Gasteiger partial charge in [-0.1, -0.05) is 47.5 Å². The number of hydrogen-bond donors (Lipinski definition) is 2. The van der Waals surface area contributed by atoms with Gasteiger partial charge in [-0.25, -0.2) is 9.97 Å². The first-order valence-corrected chi connectivity index (χ1v) is 8.20. The van der Waals surface area contributed by atoms with Crippen LogP contribution in [0.4, 0.5) is 17.3 Å². The lowest BCUT2D eigenvalue weighted by molar-refractivity contribution is 0.102. The van der Waals surface area contributed by atoms with Crippen LogP contribution in [-0.2, 0) is 0 Å². The first-order valence-electron chi connectivity index (χ1n) is 7.44. The summed E-state index contributed by atoms with van der Waals surface area (Å²) in [7, 11) is 0. The highest BCUT2D eigenvalue weighted by atomic mass is 35.5. The molecule has 0 fully saturated rings. The van der Waals surface area contributed by atoms with E-state index in [0.717, 1.165) is 11.3 Å². The van der Waals surface area contributed by atoms with Gasteiger partial charge in [0.15, 0.2) is 0 Å². The lowest BCUT2D eigenvalue weighted by Crippen LogP contribution is -2.13. The molecule has 0 spiro atoms. The molecular weight excluding hydrogens is 359 g/mol. The lowest BCUT2D eigenvalue weighted by Gasteiger charge is -2.10. The Kier molecular flexibility index (Phi) is 5.16. The van der Waals surface area contributed by atoms with Gasteiger partial charge < -0.3 is 10.6 Å². The molecule has 0 bridgehead atoms. The molecule has 126 valence electrons. The second-order valence-corrected chi connectivity index (χ2v) is 6.10. The van der Waals surface area contributed by atoms with Crippen molar-refractivity contribution in [2.24, 2.45) is 0 Å². The maximum absolute atomic E-state index is 12.3. The highest BCUT2D eigenvalue weighted by Crippen LogP contribution is 2.31. The molecule has 25 heavy (non-hydrogen) atoms. The van der Waals surface area contributed by atoms with Crippen LogP contribution in [0.1, 0.15) is 15.9 Å². The van der Waals surface area contributed by atoms with Crippen molar-refractivity contribution >= 4 is 46.4 Å². The third-order valence-corrected chi connectivity index (χ3v) is 4.14. The van der Waals surface area contributed by atoms with E-state index < -0.39 is 0 Å². The highest BCUT2D eigenvalue weighted by molar-refractivity contribution is 6.39. The third-order valence-electron chi connectivity index (χ3n) is 3.51. The molecule has 2 N–H and O–H groups in total. The quantitative estimate of drug-likeness (QED) is 0.669. The average Bonchev–Trinajstić information content (AvgIpc) is 2.61. The van der Waals surface area contributed by atoms with E-state index in [1.807, 2.05) is 31.2 Å². The number of aryl methyl sites for hydroxylation is 1. The fourth-order valence-corrected chi connectivity index (χ4v) is 2.64. The zero-order valence-corrected chi connectivity index (χ0v) is 14.8. The number of aromatic nitrogens is 2. The van der Waals surface area contributed by atoms with Gasteiger partial charge in [-0.2, -0.15) is 0 Å². The Balaban J connectivity index is 1.74. The first kappa shape index (κ1) is 17.2. The molecule has 0 aliphatic rings. The Bertz CT molecular complexity index is 893. The van der Waals surface area contributed by atoms with Gasteiger partial charge in [-0.3, -0.25) is 4.79 Å². The minimum absolute atomic E-state index is 0.281. The Morgan fingerprint density at radius 2 is 1.60 bits per heavy atom. The Morgan fingerprint density at radius 1 is 0.960 bits per heavy atom. The van der Waals surface area contributed by atoms with Crippen molar-refractivity contribution < 1.29 is 4.79 Å². The zero-order chi connectivity index (χ0) is 17.8. The molecule has 0 aliphatic carbocycles. The summed E-state index contributed by atoms with van der Waals surface area (Å²) < 4.78 is 0.